The molecule has 0 radical (unpaired) electrons. The Balaban J connectivity index is 1.62. The van der Waals surface area contributed by atoms with E-state index in [9.17, 15) is 23.3 Å². The zero-order valence-corrected chi connectivity index (χ0v) is 28.2. The van der Waals surface area contributed by atoms with E-state index in [0.717, 1.165) is 43.1 Å². The molecular weight excluding hydrogens is 604 g/mol. The van der Waals surface area contributed by atoms with Crippen LogP contribution in [0.3, 0.4) is 0 Å². The smallest absolute Gasteiger partial charge is 0.293 e. The predicted octanol–water partition coefficient (Wildman–Crippen LogP) is 4.63. The lowest BCUT2D eigenvalue weighted by Gasteiger charge is -2.24. The number of rotatable bonds is 20. The Labute approximate surface area is 273 Å². The van der Waals surface area contributed by atoms with Gasteiger partial charge in [0.25, 0.3) is 5.69 Å². The van der Waals surface area contributed by atoms with Crippen LogP contribution in [0.4, 0.5) is 11.4 Å². The summed E-state index contributed by atoms with van der Waals surface area (Å²) in [6, 6.07) is 23.6. The molecule has 0 aliphatic heterocycles. The van der Waals surface area contributed by atoms with E-state index >= 15 is 0 Å². The average molecular weight is 653 g/mol. The van der Waals surface area contributed by atoms with Gasteiger partial charge in [-0.15, -0.1) is 0 Å². The fraction of sp³-hybridized carbons (Fsp3) is 0.441. The Bertz CT molecular complexity index is 1430. The quantitative estimate of drug-likeness (QED) is 0.103. The number of nitrogens with zero attached hydrogens (tertiary/aromatic N) is 4. The van der Waals surface area contributed by atoms with E-state index in [1.165, 1.54) is 12.1 Å². The van der Waals surface area contributed by atoms with Crippen molar-refractivity contribution >= 4 is 27.3 Å². The second kappa shape index (κ2) is 18.3. The lowest BCUT2D eigenvalue weighted by Crippen LogP contribution is -2.36. The maximum Gasteiger partial charge on any atom is 0.293 e. The van der Waals surface area contributed by atoms with Gasteiger partial charge in [-0.2, -0.15) is 0 Å². The van der Waals surface area contributed by atoms with Gasteiger partial charge in [0.15, 0.2) is 0 Å². The summed E-state index contributed by atoms with van der Waals surface area (Å²) in [7, 11) is 3.95. The van der Waals surface area contributed by atoms with Gasteiger partial charge in [-0.3, -0.25) is 14.9 Å². The maximum atomic E-state index is 13.1. The van der Waals surface area contributed by atoms with Crippen LogP contribution in [0.2, 0.25) is 0 Å². The van der Waals surface area contributed by atoms with Crippen molar-refractivity contribution < 1.29 is 18.1 Å². The average Bonchev–Trinajstić information content (AvgIpc) is 3.03. The molecule has 0 unspecified atom stereocenters. The largest absolute Gasteiger partial charge is 0.379 e. The van der Waals surface area contributed by atoms with E-state index in [4.69, 9.17) is 0 Å². The van der Waals surface area contributed by atoms with Crippen LogP contribution in [-0.2, 0) is 14.8 Å². The first-order valence-corrected chi connectivity index (χ1v) is 17.2. The van der Waals surface area contributed by atoms with Crippen LogP contribution in [0, 0.1) is 10.1 Å². The Morgan fingerprint density at radius 1 is 0.804 bits per heavy atom. The lowest BCUT2D eigenvalue weighted by atomic mass is 9.91. The number of nitrogens with one attached hydrogen (secondary N) is 2. The van der Waals surface area contributed by atoms with E-state index in [-0.39, 0.29) is 41.1 Å². The van der Waals surface area contributed by atoms with Gasteiger partial charge < -0.3 is 20.0 Å². The molecule has 11 nitrogen and oxygen atoms in total. The van der Waals surface area contributed by atoms with Crippen molar-refractivity contribution in [1.29, 1.82) is 0 Å². The molecule has 0 spiro atoms. The third kappa shape index (κ3) is 11.8. The molecule has 0 saturated heterocycles. The minimum absolute atomic E-state index is 0.00733. The number of sulfonamides is 1. The van der Waals surface area contributed by atoms with Gasteiger partial charge in [0.2, 0.25) is 15.9 Å². The molecule has 0 aliphatic carbocycles. The minimum atomic E-state index is -4.03. The Morgan fingerprint density at radius 3 is 1.85 bits per heavy atom. The monoisotopic (exact) mass is 652 g/mol. The summed E-state index contributed by atoms with van der Waals surface area (Å²) in [5.74, 6) is -0.0845. The number of amides is 1. The molecule has 0 fully saturated rings. The van der Waals surface area contributed by atoms with Crippen molar-refractivity contribution in [3.63, 3.8) is 0 Å². The summed E-state index contributed by atoms with van der Waals surface area (Å²) >= 11 is 0. The Hall–Kier alpha value is -3.84. The van der Waals surface area contributed by atoms with E-state index in [1.807, 2.05) is 93.8 Å². The van der Waals surface area contributed by atoms with E-state index in [2.05, 4.69) is 19.8 Å². The number of carbonyl (C=O) groups is 1. The molecule has 1 amide bonds. The van der Waals surface area contributed by atoms with Crippen molar-refractivity contribution in [2.24, 2.45) is 0 Å². The van der Waals surface area contributed by atoms with Crippen LogP contribution in [0.5, 0.6) is 0 Å². The highest BCUT2D eigenvalue weighted by molar-refractivity contribution is 7.89. The molecule has 250 valence electrons. The molecule has 3 rings (SSSR count). The molecule has 12 heteroatoms. The highest BCUT2D eigenvalue weighted by atomic mass is 32.2. The number of hydrogen-bond donors (Lipinski definition) is 2. The molecule has 46 heavy (non-hydrogen) atoms. The van der Waals surface area contributed by atoms with Gasteiger partial charge in [-0.1, -0.05) is 60.7 Å². The zero-order chi connectivity index (χ0) is 33.5. The minimum Gasteiger partial charge on any atom is -0.379 e. The van der Waals surface area contributed by atoms with Crippen LogP contribution in [0.25, 0.3) is 0 Å². The summed E-state index contributed by atoms with van der Waals surface area (Å²) < 4.78 is 28.7. The first kappa shape index (κ1) is 36.6. The first-order valence-electron chi connectivity index (χ1n) is 15.7. The Morgan fingerprint density at radius 2 is 1.35 bits per heavy atom. The van der Waals surface area contributed by atoms with Crippen molar-refractivity contribution in [3.8, 4) is 0 Å². The topological polar surface area (TPSA) is 128 Å². The van der Waals surface area contributed by atoms with Gasteiger partial charge in [-0.25, -0.2) is 13.1 Å². The molecule has 0 atom stereocenters. The molecule has 0 bridgehead atoms. The molecule has 0 heterocycles. The van der Waals surface area contributed by atoms with Crippen LogP contribution in [0.1, 0.15) is 42.7 Å². The second-order valence-electron chi connectivity index (χ2n) is 11.9. The number of carbonyl (C=O) groups excluding carboxylic acids is 1. The second-order valence-corrected chi connectivity index (χ2v) is 13.7. The molecule has 3 aromatic rings. The highest BCUT2D eigenvalue weighted by Crippen LogP contribution is 2.30. The summed E-state index contributed by atoms with van der Waals surface area (Å²) in [6.45, 7) is 3.46. The van der Waals surface area contributed by atoms with Crippen LogP contribution in [0.15, 0.2) is 83.8 Å². The van der Waals surface area contributed by atoms with Gasteiger partial charge in [0, 0.05) is 44.6 Å². The van der Waals surface area contributed by atoms with Gasteiger partial charge >= 0.3 is 0 Å². The van der Waals surface area contributed by atoms with E-state index in [1.54, 1.807) is 0 Å². The van der Waals surface area contributed by atoms with Gasteiger partial charge in [0.1, 0.15) is 5.69 Å². The fourth-order valence-electron chi connectivity index (χ4n) is 5.19. The summed E-state index contributed by atoms with van der Waals surface area (Å²) in [5.41, 5.74) is 2.01. The van der Waals surface area contributed by atoms with Crippen LogP contribution < -0.4 is 10.0 Å². The third-order valence-electron chi connectivity index (χ3n) is 7.66. The zero-order valence-electron chi connectivity index (χ0n) is 27.4. The standard InChI is InChI=1S/C34H48N6O5S/c1-37(2)22-12-24-39(25-13-23-38(3)4)34(41)18-11-21-36-46(44,45)30-19-20-32(33(26-30)40(42)43)35-27-31(28-14-7-5-8-15-28)29-16-9-6-10-17-29/h5-10,14-17,19-20,26,31,35-36H,11-13,18,21-25,27H2,1-4H3. The normalized spacial score (nSPS) is 11.7. The number of benzene rings is 3. The van der Waals surface area contributed by atoms with Crippen LogP contribution >= 0.6 is 0 Å². The highest BCUT2D eigenvalue weighted by Gasteiger charge is 2.23. The maximum absolute atomic E-state index is 13.1. The van der Waals surface area contributed by atoms with E-state index in [0.29, 0.717) is 26.1 Å². The van der Waals surface area contributed by atoms with Gasteiger partial charge in [-0.05, 0) is 83.8 Å². The molecular formula is C34H48N6O5S. The molecule has 0 aromatic heterocycles. The van der Waals surface area contributed by atoms with Crippen molar-refractivity contribution in [3.05, 3.63) is 100 Å². The summed E-state index contributed by atoms with van der Waals surface area (Å²) in [6.07, 6.45) is 2.24. The lowest BCUT2D eigenvalue weighted by molar-refractivity contribution is -0.384. The first-order chi connectivity index (χ1) is 22.0. The number of anilines is 1. The van der Waals surface area contributed by atoms with Crippen molar-refractivity contribution in [2.45, 2.75) is 36.5 Å². The summed E-state index contributed by atoms with van der Waals surface area (Å²) in [4.78, 5) is 30.2. The van der Waals surface area contributed by atoms with Gasteiger partial charge in [0.05, 0.1) is 9.82 Å². The predicted molar refractivity (Wildman–Crippen MR) is 184 cm³/mol. The Kier molecular flexibility index (Phi) is 14.6. The van der Waals surface area contributed by atoms with Crippen molar-refractivity contribution in [1.82, 2.24) is 19.4 Å². The molecule has 0 aliphatic rings. The third-order valence-corrected chi connectivity index (χ3v) is 9.11. The summed E-state index contributed by atoms with van der Waals surface area (Å²) in [5, 5.41) is 15.2. The number of nitro groups is 1. The SMILES string of the molecule is CN(C)CCCN(CCCN(C)C)C(=O)CCCNS(=O)(=O)c1ccc(NCC(c2ccccc2)c2ccccc2)c([N+](=O)[O-])c1. The molecule has 3 aromatic carbocycles. The molecule has 0 saturated carbocycles. The fourth-order valence-corrected chi connectivity index (χ4v) is 6.29. The number of hydrogen-bond acceptors (Lipinski definition) is 8. The van der Waals surface area contributed by atoms with Crippen LogP contribution in [-0.4, -0.2) is 101 Å². The van der Waals surface area contributed by atoms with Crippen molar-refractivity contribution in [2.75, 3.05) is 72.8 Å². The number of nitro benzene ring substituents is 1. The van der Waals surface area contributed by atoms with E-state index < -0.39 is 14.9 Å². The molecule has 2 N–H and O–H groups in total.